The van der Waals surface area contributed by atoms with E-state index in [0.717, 1.165) is 32.1 Å². The van der Waals surface area contributed by atoms with E-state index in [-0.39, 0.29) is 6.54 Å². The van der Waals surface area contributed by atoms with E-state index in [4.69, 9.17) is 10.3 Å². The van der Waals surface area contributed by atoms with Crippen LogP contribution in [0.15, 0.2) is 0 Å². The van der Waals surface area contributed by atoms with Crippen molar-refractivity contribution in [2.24, 2.45) is 5.73 Å². The molecular formula is C9H21N3O4S. The smallest absolute Gasteiger partial charge is 0.351 e. The molecule has 0 saturated heterocycles. The van der Waals surface area contributed by atoms with Crippen LogP contribution in [0.25, 0.3) is 0 Å². The van der Waals surface area contributed by atoms with Gasteiger partial charge in [-0.05, 0) is 6.42 Å². The molecule has 4 N–H and O–H groups in total. The van der Waals surface area contributed by atoms with Crippen LogP contribution in [0.1, 0.15) is 45.4 Å². The van der Waals surface area contributed by atoms with E-state index in [9.17, 15) is 13.2 Å². The molecule has 0 aliphatic rings. The number of hydrazine groups is 1. The highest BCUT2D eigenvalue weighted by Gasteiger charge is 2.19. The summed E-state index contributed by atoms with van der Waals surface area (Å²) in [4.78, 5) is 10.5. The van der Waals surface area contributed by atoms with Crippen LogP contribution in [0, 0.1) is 0 Å². The van der Waals surface area contributed by atoms with Crippen LogP contribution >= 0.6 is 0 Å². The number of nitrogens with one attached hydrogen (secondary N) is 1. The number of unbranched alkanes of at least 4 members (excludes halogenated alkanes) is 5. The maximum atomic E-state index is 10.8. The Hall–Kier alpha value is -0.860. The Balaban J connectivity index is 3.90. The minimum Gasteiger partial charge on any atom is -0.351 e. The van der Waals surface area contributed by atoms with Gasteiger partial charge in [0.15, 0.2) is 0 Å². The third-order valence-electron chi connectivity index (χ3n) is 2.23. The summed E-state index contributed by atoms with van der Waals surface area (Å²) >= 11 is 0. The Morgan fingerprint density at radius 2 is 1.76 bits per heavy atom. The van der Waals surface area contributed by atoms with E-state index in [1.165, 1.54) is 0 Å². The van der Waals surface area contributed by atoms with Crippen LogP contribution in [-0.4, -0.2) is 30.0 Å². The fourth-order valence-electron chi connectivity index (χ4n) is 1.39. The zero-order valence-electron chi connectivity index (χ0n) is 10.1. The number of hydrogen-bond acceptors (Lipinski definition) is 3. The molecule has 2 amide bonds. The molecular weight excluding hydrogens is 246 g/mol. The lowest BCUT2D eigenvalue weighted by Crippen LogP contribution is -2.48. The maximum absolute atomic E-state index is 10.8. The fraction of sp³-hybridized carbons (Fsp3) is 0.889. The van der Waals surface area contributed by atoms with Crippen molar-refractivity contribution in [3.8, 4) is 0 Å². The molecule has 0 spiro atoms. The molecule has 0 aromatic rings. The van der Waals surface area contributed by atoms with Crippen LogP contribution in [0.5, 0.6) is 0 Å². The van der Waals surface area contributed by atoms with Gasteiger partial charge in [-0.2, -0.15) is 8.42 Å². The van der Waals surface area contributed by atoms with Gasteiger partial charge >= 0.3 is 16.3 Å². The van der Waals surface area contributed by atoms with E-state index in [0.29, 0.717) is 10.8 Å². The Kier molecular flexibility index (Phi) is 7.85. The SMILES string of the molecule is CCCCCCCCN(NC(N)=O)S(=O)(=O)O. The lowest BCUT2D eigenvalue weighted by molar-refractivity contribution is 0.221. The minimum atomic E-state index is -4.44. The minimum absolute atomic E-state index is 0.0217. The van der Waals surface area contributed by atoms with Crippen molar-refractivity contribution >= 4 is 16.3 Å². The first-order valence-corrected chi connectivity index (χ1v) is 7.09. The molecule has 7 nitrogen and oxygen atoms in total. The maximum Gasteiger partial charge on any atom is 0.353 e. The number of hydrogen-bond donors (Lipinski definition) is 3. The van der Waals surface area contributed by atoms with Crippen molar-refractivity contribution in [2.45, 2.75) is 45.4 Å². The Labute approximate surface area is 102 Å². The van der Waals surface area contributed by atoms with E-state index < -0.39 is 16.3 Å². The molecule has 0 rings (SSSR count). The highest BCUT2D eigenvalue weighted by atomic mass is 32.2. The second kappa shape index (κ2) is 8.26. The van der Waals surface area contributed by atoms with Gasteiger partial charge in [0, 0.05) is 6.54 Å². The van der Waals surface area contributed by atoms with Crippen LogP contribution in [-0.2, 0) is 10.3 Å². The molecule has 17 heavy (non-hydrogen) atoms. The van der Waals surface area contributed by atoms with Gasteiger partial charge in [0.1, 0.15) is 0 Å². The number of carbonyl (C=O) groups excluding carboxylic acids is 1. The van der Waals surface area contributed by atoms with Crippen LogP contribution in [0.3, 0.4) is 0 Å². The van der Waals surface area contributed by atoms with Gasteiger partial charge < -0.3 is 5.73 Å². The number of primary amides is 1. The van der Waals surface area contributed by atoms with E-state index in [1.807, 2.05) is 5.43 Å². The zero-order chi connectivity index (χ0) is 13.3. The molecule has 0 radical (unpaired) electrons. The lowest BCUT2D eigenvalue weighted by atomic mass is 10.1. The summed E-state index contributed by atoms with van der Waals surface area (Å²) in [6.07, 6.45) is 5.80. The van der Waals surface area contributed by atoms with Crippen LogP contribution in [0.2, 0.25) is 0 Å². The highest BCUT2D eigenvalue weighted by molar-refractivity contribution is 7.83. The molecule has 102 valence electrons. The number of amides is 2. The Morgan fingerprint density at radius 3 is 2.24 bits per heavy atom. The number of rotatable bonds is 9. The Morgan fingerprint density at radius 1 is 1.24 bits per heavy atom. The lowest BCUT2D eigenvalue weighted by Gasteiger charge is -2.17. The predicted octanol–water partition coefficient (Wildman–Crippen LogP) is 1.04. The standard InChI is InChI=1S/C9H21N3O4S/c1-2-3-4-5-6-7-8-12(11-9(10)13)17(14,15)16/h2-8H2,1H3,(H3,10,11,13)(H,14,15,16). The van der Waals surface area contributed by atoms with Crippen LogP contribution < -0.4 is 11.2 Å². The first-order valence-electron chi connectivity index (χ1n) is 5.69. The second-order valence-corrected chi connectivity index (χ2v) is 5.13. The quantitative estimate of drug-likeness (QED) is 0.329. The Bertz CT molecular complexity index is 318. The normalized spacial score (nSPS) is 11.7. The van der Waals surface area contributed by atoms with Crippen LogP contribution in [0.4, 0.5) is 4.79 Å². The van der Waals surface area contributed by atoms with Gasteiger partial charge in [-0.1, -0.05) is 43.4 Å². The van der Waals surface area contributed by atoms with Gasteiger partial charge in [-0.25, -0.2) is 4.79 Å². The molecule has 0 atom stereocenters. The third kappa shape index (κ3) is 8.90. The molecule has 0 aromatic heterocycles. The van der Waals surface area contributed by atoms with Crippen molar-refractivity contribution in [3.63, 3.8) is 0 Å². The van der Waals surface area contributed by atoms with E-state index >= 15 is 0 Å². The molecule has 0 bridgehead atoms. The summed E-state index contributed by atoms with van der Waals surface area (Å²) in [5.41, 5.74) is 6.65. The average Bonchev–Trinajstić information content (AvgIpc) is 2.19. The van der Waals surface area contributed by atoms with Crippen molar-refractivity contribution < 1.29 is 17.8 Å². The molecule has 0 fully saturated rings. The van der Waals surface area contributed by atoms with Crippen molar-refractivity contribution in [2.75, 3.05) is 6.54 Å². The highest BCUT2D eigenvalue weighted by Crippen LogP contribution is 2.06. The predicted molar refractivity (Wildman–Crippen MR) is 64.3 cm³/mol. The summed E-state index contributed by atoms with van der Waals surface area (Å²) in [5, 5.41) is 0. The van der Waals surface area contributed by atoms with E-state index in [2.05, 4.69) is 6.92 Å². The molecule has 0 heterocycles. The number of nitrogens with zero attached hydrogens (tertiary/aromatic N) is 1. The van der Waals surface area contributed by atoms with Gasteiger partial charge in [0.25, 0.3) is 0 Å². The number of carbonyl (C=O) groups is 1. The summed E-state index contributed by atoms with van der Waals surface area (Å²) in [7, 11) is -4.44. The summed E-state index contributed by atoms with van der Waals surface area (Å²) in [6, 6.07) is -1.02. The molecule has 0 unspecified atom stereocenters. The summed E-state index contributed by atoms with van der Waals surface area (Å²) in [6.45, 7) is 2.13. The van der Waals surface area contributed by atoms with Gasteiger partial charge in [0.2, 0.25) is 0 Å². The summed E-state index contributed by atoms with van der Waals surface area (Å²) < 4.78 is 30.9. The summed E-state index contributed by atoms with van der Waals surface area (Å²) in [5.74, 6) is 0. The molecule has 0 aromatic carbocycles. The second-order valence-electron chi connectivity index (χ2n) is 3.79. The van der Waals surface area contributed by atoms with Crippen molar-refractivity contribution in [1.29, 1.82) is 0 Å². The zero-order valence-corrected chi connectivity index (χ0v) is 10.9. The monoisotopic (exact) mass is 267 g/mol. The fourth-order valence-corrected chi connectivity index (χ4v) is 1.95. The third-order valence-corrected chi connectivity index (χ3v) is 3.06. The van der Waals surface area contributed by atoms with E-state index in [1.54, 1.807) is 0 Å². The largest absolute Gasteiger partial charge is 0.353 e. The van der Waals surface area contributed by atoms with Gasteiger partial charge in [0.05, 0.1) is 0 Å². The molecule has 0 saturated carbocycles. The van der Waals surface area contributed by atoms with Gasteiger partial charge in [-0.15, -0.1) is 0 Å². The first kappa shape index (κ1) is 16.1. The number of nitrogens with two attached hydrogens (primary N) is 1. The average molecular weight is 267 g/mol. The van der Waals surface area contributed by atoms with Gasteiger partial charge in [-0.3, -0.25) is 9.98 Å². The first-order chi connectivity index (χ1) is 7.88. The molecule has 0 aliphatic heterocycles. The topological polar surface area (TPSA) is 113 Å². The molecule has 8 heteroatoms. The number of urea groups is 1. The van der Waals surface area contributed by atoms with Crippen molar-refractivity contribution in [1.82, 2.24) is 9.84 Å². The molecule has 0 aliphatic carbocycles. The van der Waals surface area contributed by atoms with Crippen molar-refractivity contribution in [3.05, 3.63) is 0 Å².